The fourth-order valence-corrected chi connectivity index (χ4v) is 3.17. The van der Waals surface area contributed by atoms with Crippen LogP contribution in [0, 0.1) is 0 Å². The van der Waals surface area contributed by atoms with Gasteiger partial charge in [-0.25, -0.2) is 0 Å². The summed E-state index contributed by atoms with van der Waals surface area (Å²) in [5, 5.41) is 7.65. The number of aromatic nitrogens is 2. The number of piperidine rings is 1. The van der Waals surface area contributed by atoms with Crippen LogP contribution in [0.4, 0.5) is 0 Å². The first kappa shape index (κ1) is 12.1. The van der Waals surface area contributed by atoms with Crippen LogP contribution in [-0.2, 0) is 5.41 Å². The predicted molar refractivity (Wildman–Crippen MR) is 75.6 cm³/mol. The number of nitrogens with one attached hydrogen (secondary N) is 1. The van der Waals surface area contributed by atoms with Crippen molar-refractivity contribution < 1.29 is 4.52 Å². The molecule has 2 heterocycles. The highest BCUT2D eigenvalue weighted by Gasteiger charge is 2.42. The molecule has 4 rings (SSSR count). The first-order valence-corrected chi connectivity index (χ1v) is 7.49. The molecule has 4 heteroatoms. The molecule has 20 heavy (non-hydrogen) atoms. The molecule has 0 bridgehead atoms. The predicted octanol–water partition coefficient (Wildman–Crippen LogP) is 2.62. The average Bonchev–Trinajstić information content (AvgIpc) is 3.26. The van der Waals surface area contributed by atoms with Crippen molar-refractivity contribution in [2.75, 3.05) is 13.1 Å². The van der Waals surface area contributed by atoms with E-state index in [9.17, 15) is 0 Å². The number of benzene rings is 1. The van der Waals surface area contributed by atoms with Crippen molar-refractivity contribution in [2.24, 2.45) is 0 Å². The largest absolute Gasteiger partial charge is 0.338 e. The van der Waals surface area contributed by atoms with Gasteiger partial charge in [0.05, 0.1) is 5.41 Å². The summed E-state index contributed by atoms with van der Waals surface area (Å²) in [7, 11) is 0. The van der Waals surface area contributed by atoms with Gasteiger partial charge in [-0.2, -0.15) is 4.98 Å². The van der Waals surface area contributed by atoms with E-state index in [2.05, 4.69) is 40.8 Å². The van der Waals surface area contributed by atoms with Gasteiger partial charge in [-0.3, -0.25) is 0 Å². The summed E-state index contributed by atoms with van der Waals surface area (Å²) in [6.07, 6.45) is 4.45. The summed E-state index contributed by atoms with van der Waals surface area (Å²) >= 11 is 0. The molecule has 0 amide bonds. The van der Waals surface area contributed by atoms with Gasteiger partial charge < -0.3 is 9.84 Å². The van der Waals surface area contributed by atoms with E-state index in [0.29, 0.717) is 5.92 Å². The number of rotatable bonds is 3. The lowest BCUT2D eigenvalue weighted by molar-refractivity contribution is 0.259. The number of hydrogen-bond donors (Lipinski definition) is 1. The van der Waals surface area contributed by atoms with Gasteiger partial charge in [0, 0.05) is 5.92 Å². The lowest BCUT2D eigenvalue weighted by atomic mass is 9.73. The van der Waals surface area contributed by atoms with Crippen molar-refractivity contribution in [3.8, 4) is 0 Å². The van der Waals surface area contributed by atoms with Crippen molar-refractivity contribution in [1.29, 1.82) is 0 Å². The molecule has 1 aliphatic heterocycles. The zero-order valence-corrected chi connectivity index (χ0v) is 11.5. The van der Waals surface area contributed by atoms with Crippen molar-refractivity contribution in [3.05, 3.63) is 47.6 Å². The molecule has 0 radical (unpaired) electrons. The van der Waals surface area contributed by atoms with Crippen LogP contribution in [0.1, 0.15) is 48.9 Å². The Balaban J connectivity index is 1.77. The van der Waals surface area contributed by atoms with Gasteiger partial charge in [-0.05, 0) is 44.3 Å². The Morgan fingerprint density at radius 2 is 1.85 bits per heavy atom. The molecule has 1 saturated carbocycles. The van der Waals surface area contributed by atoms with Crippen LogP contribution < -0.4 is 5.32 Å². The van der Waals surface area contributed by atoms with Crippen LogP contribution in [0.25, 0.3) is 0 Å². The Bertz CT molecular complexity index is 583. The van der Waals surface area contributed by atoms with E-state index in [4.69, 9.17) is 9.51 Å². The Morgan fingerprint density at radius 1 is 1.10 bits per heavy atom. The standard InChI is InChI=1S/C16H19N3O/c1-2-4-13(5-3-1)16(8-10-17-11-9-16)15-18-14(19-20-15)12-6-7-12/h1-5,12,17H,6-11H2. The summed E-state index contributed by atoms with van der Waals surface area (Å²) in [6.45, 7) is 1.99. The highest BCUT2D eigenvalue weighted by molar-refractivity contribution is 5.33. The third-order valence-electron chi connectivity index (χ3n) is 4.58. The fraction of sp³-hybridized carbons (Fsp3) is 0.500. The van der Waals surface area contributed by atoms with E-state index in [1.165, 1.54) is 18.4 Å². The minimum Gasteiger partial charge on any atom is -0.338 e. The maximum Gasteiger partial charge on any atom is 0.237 e. The summed E-state index contributed by atoms with van der Waals surface area (Å²) in [4.78, 5) is 4.74. The van der Waals surface area contributed by atoms with E-state index < -0.39 is 0 Å². The van der Waals surface area contributed by atoms with E-state index >= 15 is 0 Å². The summed E-state index contributed by atoms with van der Waals surface area (Å²) in [5.74, 6) is 2.27. The molecule has 0 unspecified atom stereocenters. The third kappa shape index (κ3) is 1.95. The van der Waals surface area contributed by atoms with Crippen molar-refractivity contribution in [3.63, 3.8) is 0 Å². The molecule has 2 aliphatic rings. The van der Waals surface area contributed by atoms with E-state index in [-0.39, 0.29) is 5.41 Å². The molecular formula is C16H19N3O. The summed E-state index contributed by atoms with van der Waals surface area (Å²) in [5.41, 5.74) is 1.19. The maximum atomic E-state index is 5.67. The molecule has 0 atom stereocenters. The lowest BCUT2D eigenvalue weighted by Crippen LogP contribution is -2.41. The van der Waals surface area contributed by atoms with E-state index in [0.717, 1.165) is 37.6 Å². The molecular weight excluding hydrogens is 250 g/mol. The normalized spacial score (nSPS) is 21.8. The van der Waals surface area contributed by atoms with Gasteiger partial charge in [0.25, 0.3) is 0 Å². The van der Waals surface area contributed by atoms with Crippen LogP contribution in [-0.4, -0.2) is 23.2 Å². The van der Waals surface area contributed by atoms with Crippen molar-refractivity contribution in [1.82, 2.24) is 15.5 Å². The topological polar surface area (TPSA) is 51.0 Å². The molecule has 1 aliphatic carbocycles. The van der Waals surface area contributed by atoms with Crippen molar-refractivity contribution >= 4 is 0 Å². The minimum absolute atomic E-state index is 0.105. The van der Waals surface area contributed by atoms with E-state index in [1.807, 2.05) is 0 Å². The van der Waals surface area contributed by atoms with Gasteiger partial charge >= 0.3 is 0 Å². The van der Waals surface area contributed by atoms with Gasteiger partial charge in [0.15, 0.2) is 5.82 Å². The molecule has 1 aromatic heterocycles. The first-order chi connectivity index (χ1) is 9.88. The minimum atomic E-state index is -0.105. The Morgan fingerprint density at radius 3 is 2.55 bits per heavy atom. The second kappa shape index (κ2) is 4.70. The summed E-state index contributed by atoms with van der Waals surface area (Å²) < 4.78 is 5.67. The maximum absolute atomic E-state index is 5.67. The zero-order chi connectivity index (χ0) is 13.4. The van der Waals surface area contributed by atoms with Crippen LogP contribution in [0.15, 0.2) is 34.9 Å². The Labute approximate surface area is 118 Å². The van der Waals surface area contributed by atoms with Gasteiger partial charge in [0.2, 0.25) is 5.89 Å². The molecule has 2 fully saturated rings. The lowest BCUT2D eigenvalue weighted by Gasteiger charge is -2.34. The fourth-order valence-electron chi connectivity index (χ4n) is 3.17. The van der Waals surface area contributed by atoms with Gasteiger partial charge in [0.1, 0.15) is 0 Å². The van der Waals surface area contributed by atoms with Crippen LogP contribution in [0.2, 0.25) is 0 Å². The number of nitrogens with zero attached hydrogens (tertiary/aromatic N) is 2. The average molecular weight is 269 g/mol. The van der Waals surface area contributed by atoms with Gasteiger partial charge in [-0.1, -0.05) is 35.5 Å². The molecule has 4 nitrogen and oxygen atoms in total. The zero-order valence-electron chi connectivity index (χ0n) is 11.5. The quantitative estimate of drug-likeness (QED) is 0.930. The van der Waals surface area contributed by atoms with Crippen LogP contribution in [0.5, 0.6) is 0 Å². The Hall–Kier alpha value is -1.68. The monoisotopic (exact) mass is 269 g/mol. The van der Waals surface area contributed by atoms with Crippen molar-refractivity contribution in [2.45, 2.75) is 37.0 Å². The SMILES string of the molecule is c1ccc(C2(c3nc(C4CC4)no3)CCNCC2)cc1. The van der Waals surface area contributed by atoms with Crippen LogP contribution in [0.3, 0.4) is 0 Å². The van der Waals surface area contributed by atoms with Gasteiger partial charge in [-0.15, -0.1) is 0 Å². The highest BCUT2D eigenvalue weighted by Crippen LogP contribution is 2.42. The Kier molecular flexibility index (Phi) is 2.84. The summed E-state index contributed by atoms with van der Waals surface area (Å²) in [6, 6.07) is 10.6. The molecule has 0 spiro atoms. The third-order valence-corrected chi connectivity index (χ3v) is 4.58. The molecule has 1 aromatic carbocycles. The second-order valence-electron chi connectivity index (χ2n) is 5.93. The highest BCUT2D eigenvalue weighted by atomic mass is 16.5. The smallest absolute Gasteiger partial charge is 0.237 e. The second-order valence-corrected chi connectivity index (χ2v) is 5.93. The molecule has 2 aromatic rings. The number of hydrogen-bond acceptors (Lipinski definition) is 4. The molecule has 104 valence electrons. The van der Waals surface area contributed by atoms with E-state index in [1.54, 1.807) is 0 Å². The molecule has 1 saturated heterocycles. The van der Waals surface area contributed by atoms with Crippen LogP contribution >= 0.6 is 0 Å². The first-order valence-electron chi connectivity index (χ1n) is 7.49. The molecule has 1 N–H and O–H groups in total.